The standard InChI is InChI=1S/C30H22N2Si/c1-33(2,27-17-31-25-15-5-3-9-19(25)21-11-7-13-23(27)29(21)31)28-18-32-26-16-6-4-10-20(26)22-12-8-14-24(28)30(22)32/h3-18H,1-2H3. The summed E-state index contributed by atoms with van der Waals surface area (Å²) < 4.78 is 4.88. The van der Waals surface area contributed by atoms with Crippen molar-refractivity contribution in [2.75, 3.05) is 0 Å². The van der Waals surface area contributed by atoms with Gasteiger partial charge in [0.05, 0.1) is 22.1 Å². The molecule has 0 unspecified atom stereocenters. The minimum absolute atomic E-state index is 1.31. The molecule has 8 aromatic rings. The van der Waals surface area contributed by atoms with Crippen molar-refractivity contribution < 1.29 is 0 Å². The molecule has 0 bridgehead atoms. The molecule has 156 valence electrons. The molecule has 0 radical (unpaired) electrons. The predicted molar refractivity (Wildman–Crippen MR) is 144 cm³/mol. The van der Waals surface area contributed by atoms with Gasteiger partial charge in [-0.1, -0.05) is 85.9 Å². The highest BCUT2D eigenvalue weighted by Gasteiger charge is 2.34. The number of fused-ring (bicyclic) bond motifs is 6. The molecule has 0 spiro atoms. The molecule has 8 rings (SSSR count). The highest BCUT2D eigenvalue weighted by molar-refractivity contribution is 7.03. The maximum absolute atomic E-state index is 2.52. The van der Waals surface area contributed by atoms with E-state index in [1.54, 1.807) is 0 Å². The highest BCUT2D eigenvalue weighted by atomic mass is 28.3. The van der Waals surface area contributed by atoms with Crippen LogP contribution in [0.1, 0.15) is 0 Å². The number of para-hydroxylation sites is 4. The van der Waals surface area contributed by atoms with Gasteiger partial charge in [0.15, 0.2) is 0 Å². The fraction of sp³-hybridized carbons (Fsp3) is 0.0667. The van der Waals surface area contributed by atoms with E-state index >= 15 is 0 Å². The van der Waals surface area contributed by atoms with Crippen LogP contribution in [-0.4, -0.2) is 16.9 Å². The average Bonchev–Trinajstić information content (AvgIpc) is 3.59. The van der Waals surface area contributed by atoms with Gasteiger partial charge in [0, 0.05) is 44.7 Å². The Morgan fingerprint density at radius 3 is 1.33 bits per heavy atom. The maximum Gasteiger partial charge on any atom is 0.117 e. The van der Waals surface area contributed by atoms with Gasteiger partial charge in [-0.25, -0.2) is 0 Å². The van der Waals surface area contributed by atoms with Crippen LogP contribution in [0.3, 0.4) is 0 Å². The number of hydrogen-bond acceptors (Lipinski definition) is 0. The smallest absolute Gasteiger partial charge is 0.117 e. The molecule has 4 aromatic carbocycles. The number of benzene rings is 4. The van der Waals surface area contributed by atoms with Gasteiger partial charge < -0.3 is 8.80 Å². The molecular weight excluding hydrogens is 416 g/mol. The molecule has 0 saturated heterocycles. The van der Waals surface area contributed by atoms with E-state index in [1.165, 1.54) is 64.8 Å². The van der Waals surface area contributed by atoms with Gasteiger partial charge in [-0.05, 0) is 22.5 Å². The fourth-order valence-corrected chi connectivity index (χ4v) is 9.29. The van der Waals surface area contributed by atoms with Crippen molar-refractivity contribution in [1.82, 2.24) is 8.80 Å². The van der Waals surface area contributed by atoms with Crippen LogP contribution < -0.4 is 10.4 Å². The summed E-state index contributed by atoms with van der Waals surface area (Å²) in [6, 6.07) is 31.3. The lowest BCUT2D eigenvalue weighted by Crippen LogP contribution is -2.52. The Morgan fingerprint density at radius 2 is 0.848 bits per heavy atom. The molecule has 4 aromatic heterocycles. The van der Waals surface area contributed by atoms with Gasteiger partial charge in [0.2, 0.25) is 0 Å². The zero-order chi connectivity index (χ0) is 21.9. The van der Waals surface area contributed by atoms with E-state index in [-0.39, 0.29) is 0 Å². The lowest BCUT2D eigenvalue weighted by Gasteiger charge is -2.22. The molecule has 0 aliphatic heterocycles. The Kier molecular flexibility index (Phi) is 3.08. The highest BCUT2D eigenvalue weighted by Crippen LogP contribution is 2.35. The van der Waals surface area contributed by atoms with Gasteiger partial charge in [-0.3, -0.25) is 0 Å². The first-order chi connectivity index (χ1) is 16.1. The van der Waals surface area contributed by atoms with Crippen LogP contribution in [0.2, 0.25) is 13.1 Å². The molecule has 0 amide bonds. The van der Waals surface area contributed by atoms with Gasteiger partial charge in [0.1, 0.15) is 8.07 Å². The monoisotopic (exact) mass is 438 g/mol. The zero-order valence-electron chi connectivity index (χ0n) is 18.6. The third kappa shape index (κ3) is 2.00. The van der Waals surface area contributed by atoms with Crippen LogP contribution in [0.4, 0.5) is 0 Å². The maximum atomic E-state index is 2.52. The van der Waals surface area contributed by atoms with Crippen molar-refractivity contribution in [1.29, 1.82) is 0 Å². The normalized spacial score (nSPS) is 13.2. The van der Waals surface area contributed by atoms with E-state index in [9.17, 15) is 0 Å². The summed E-state index contributed by atoms with van der Waals surface area (Å²) in [5.41, 5.74) is 5.35. The molecule has 4 heterocycles. The number of hydrogen-bond donors (Lipinski definition) is 0. The third-order valence-electron chi connectivity index (χ3n) is 7.90. The van der Waals surface area contributed by atoms with E-state index in [2.05, 4.69) is 119 Å². The summed E-state index contributed by atoms with van der Waals surface area (Å²) in [6.45, 7) is 5.04. The topological polar surface area (TPSA) is 8.82 Å². The van der Waals surface area contributed by atoms with E-state index in [0.717, 1.165) is 0 Å². The lowest BCUT2D eigenvalue weighted by atomic mass is 10.1. The Hall–Kier alpha value is -3.82. The summed E-state index contributed by atoms with van der Waals surface area (Å²) in [4.78, 5) is 0. The summed E-state index contributed by atoms with van der Waals surface area (Å²) in [7, 11) is -2.00. The molecule has 0 aliphatic carbocycles. The van der Waals surface area contributed by atoms with Crippen LogP contribution in [0.5, 0.6) is 0 Å². The summed E-state index contributed by atoms with van der Waals surface area (Å²) in [5.74, 6) is 0. The molecule has 0 aliphatic rings. The van der Waals surface area contributed by atoms with E-state index in [1.807, 2.05) is 0 Å². The Balaban J connectivity index is 1.48. The molecule has 3 heteroatoms. The first-order valence-corrected chi connectivity index (χ1v) is 14.6. The van der Waals surface area contributed by atoms with Crippen LogP contribution in [-0.2, 0) is 0 Å². The predicted octanol–water partition coefficient (Wildman–Crippen LogP) is 6.50. The minimum Gasteiger partial charge on any atom is -0.315 e. The van der Waals surface area contributed by atoms with Crippen LogP contribution >= 0.6 is 0 Å². The fourth-order valence-electron chi connectivity index (χ4n) is 6.35. The largest absolute Gasteiger partial charge is 0.315 e. The van der Waals surface area contributed by atoms with Crippen LogP contribution in [0.25, 0.3) is 54.4 Å². The molecule has 0 N–H and O–H groups in total. The second-order valence-electron chi connectivity index (χ2n) is 9.89. The van der Waals surface area contributed by atoms with Crippen molar-refractivity contribution in [3.63, 3.8) is 0 Å². The third-order valence-corrected chi connectivity index (χ3v) is 11.4. The molecule has 33 heavy (non-hydrogen) atoms. The number of aromatic nitrogens is 2. The minimum atomic E-state index is -2.00. The Morgan fingerprint density at radius 1 is 0.455 bits per heavy atom. The molecule has 0 saturated carbocycles. The van der Waals surface area contributed by atoms with Crippen molar-refractivity contribution in [2.45, 2.75) is 13.1 Å². The van der Waals surface area contributed by atoms with Crippen LogP contribution in [0, 0.1) is 0 Å². The van der Waals surface area contributed by atoms with Crippen molar-refractivity contribution >= 4 is 72.8 Å². The lowest BCUT2D eigenvalue weighted by molar-refractivity contribution is 1.30. The molecular formula is C30H22N2Si. The zero-order valence-corrected chi connectivity index (χ0v) is 19.6. The number of rotatable bonds is 2. The van der Waals surface area contributed by atoms with Crippen LogP contribution in [0.15, 0.2) is 97.3 Å². The van der Waals surface area contributed by atoms with Gasteiger partial charge in [-0.15, -0.1) is 0 Å². The van der Waals surface area contributed by atoms with Gasteiger partial charge in [0.25, 0.3) is 0 Å². The average molecular weight is 439 g/mol. The number of nitrogens with zero attached hydrogens (tertiary/aromatic N) is 2. The molecule has 0 fully saturated rings. The van der Waals surface area contributed by atoms with Crippen molar-refractivity contribution in [2.24, 2.45) is 0 Å². The SMILES string of the molecule is C[Si](C)(c1cn2c3ccccc3c3cccc1c32)c1cn2c3ccccc3c3cccc1c32. The van der Waals surface area contributed by atoms with E-state index in [0.29, 0.717) is 0 Å². The van der Waals surface area contributed by atoms with E-state index in [4.69, 9.17) is 0 Å². The second kappa shape index (κ2) is 5.75. The summed E-state index contributed by atoms with van der Waals surface area (Å²) in [5, 5.41) is 11.3. The quantitative estimate of drug-likeness (QED) is 0.272. The summed E-state index contributed by atoms with van der Waals surface area (Å²) >= 11 is 0. The summed E-state index contributed by atoms with van der Waals surface area (Å²) in [6.07, 6.45) is 4.89. The van der Waals surface area contributed by atoms with Crippen molar-refractivity contribution in [3.05, 3.63) is 97.3 Å². The Labute approximate surface area is 192 Å². The van der Waals surface area contributed by atoms with E-state index < -0.39 is 8.07 Å². The first-order valence-electron chi connectivity index (χ1n) is 11.6. The second-order valence-corrected chi connectivity index (χ2v) is 14.2. The first kappa shape index (κ1) is 17.7. The Bertz CT molecular complexity index is 1860. The van der Waals surface area contributed by atoms with Gasteiger partial charge in [-0.2, -0.15) is 0 Å². The van der Waals surface area contributed by atoms with Crippen molar-refractivity contribution in [3.8, 4) is 0 Å². The van der Waals surface area contributed by atoms with Gasteiger partial charge >= 0.3 is 0 Å². The molecule has 0 atom stereocenters. The molecule has 2 nitrogen and oxygen atoms in total.